The van der Waals surface area contributed by atoms with E-state index in [-0.39, 0.29) is 0 Å². The minimum Gasteiger partial charge on any atom is -0.343 e. The monoisotopic (exact) mass is 209 g/mol. The average Bonchev–Trinajstić information content (AvgIpc) is 2.46. The molecule has 0 unspecified atom stereocenters. The number of aromatic nitrogens is 1. The Morgan fingerprint density at radius 1 is 1.09 bits per heavy atom. The van der Waals surface area contributed by atoms with Crippen molar-refractivity contribution in [1.82, 2.24) is 4.57 Å². The van der Waals surface area contributed by atoms with E-state index in [4.69, 9.17) is 0 Å². The Kier molecular flexibility index (Phi) is 1.70. The molecule has 0 radical (unpaired) electrons. The van der Waals surface area contributed by atoms with E-state index in [1.807, 2.05) is 0 Å². The molecule has 56 valence electrons. The van der Waals surface area contributed by atoms with Crippen LogP contribution < -0.4 is 0 Å². The van der Waals surface area contributed by atoms with Gasteiger partial charge in [-0.1, -0.05) is 40.2 Å². The first-order valence-electron chi connectivity index (χ1n) is 3.50. The van der Waals surface area contributed by atoms with Gasteiger partial charge in [-0.2, -0.15) is 0 Å². The zero-order chi connectivity index (χ0) is 7.68. The first-order valence-corrected chi connectivity index (χ1v) is 4.63. The number of hydrogen-bond donors (Lipinski definition) is 0. The third-order valence-electron chi connectivity index (χ3n) is 1.74. The molecule has 0 aliphatic rings. The second kappa shape index (κ2) is 2.70. The van der Waals surface area contributed by atoms with Gasteiger partial charge in [0.05, 0.1) is 5.45 Å². The van der Waals surface area contributed by atoms with Gasteiger partial charge in [0.2, 0.25) is 0 Å². The molecule has 1 nitrogen and oxygen atoms in total. The van der Waals surface area contributed by atoms with Crippen LogP contribution in [0.4, 0.5) is 0 Å². The fraction of sp³-hybridized carbons (Fsp3) is 0.111. The smallest absolute Gasteiger partial charge is 0.0773 e. The Morgan fingerprint density at radius 3 is 2.09 bits per heavy atom. The van der Waals surface area contributed by atoms with E-state index in [0.29, 0.717) is 0 Å². The highest BCUT2D eigenvalue weighted by Crippen LogP contribution is 2.14. The summed E-state index contributed by atoms with van der Waals surface area (Å²) in [7, 11) is 0. The molecule has 0 N–H and O–H groups in total. The van der Waals surface area contributed by atoms with Gasteiger partial charge >= 0.3 is 0 Å². The van der Waals surface area contributed by atoms with E-state index >= 15 is 0 Å². The fourth-order valence-corrected chi connectivity index (χ4v) is 1.50. The number of hydrogen-bond acceptors (Lipinski definition) is 0. The lowest BCUT2D eigenvalue weighted by molar-refractivity contribution is 0.920. The van der Waals surface area contributed by atoms with Crippen molar-refractivity contribution in [3.63, 3.8) is 0 Å². The maximum absolute atomic E-state index is 3.40. The molecule has 0 atom stereocenters. The van der Waals surface area contributed by atoms with Gasteiger partial charge in [-0.05, 0) is 10.8 Å². The van der Waals surface area contributed by atoms with Crippen molar-refractivity contribution in [3.05, 3.63) is 36.7 Å². The van der Waals surface area contributed by atoms with Crippen molar-refractivity contribution in [2.45, 2.75) is 5.45 Å². The van der Waals surface area contributed by atoms with Crippen LogP contribution in [0, 0.1) is 0 Å². The molecule has 2 rings (SSSR count). The van der Waals surface area contributed by atoms with Crippen LogP contribution in [0.5, 0.6) is 0 Å². The first-order chi connectivity index (χ1) is 5.40. The van der Waals surface area contributed by atoms with Gasteiger partial charge in [-0.15, -0.1) is 0 Å². The average molecular weight is 210 g/mol. The van der Waals surface area contributed by atoms with Gasteiger partial charge in [-0.3, -0.25) is 0 Å². The van der Waals surface area contributed by atoms with Crippen molar-refractivity contribution < 1.29 is 0 Å². The quantitative estimate of drug-likeness (QED) is 0.637. The predicted molar refractivity (Wildman–Crippen MR) is 50.9 cm³/mol. The van der Waals surface area contributed by atoms with E-state index < -0.39 is 0 Å². The van der Waals surface area contributed by atoms with Gasteiger partial charge in [0.25, 0.3) is 0 Å². The Morgan fingerprint density at radius 2 is 1.64 bits per heavy atom. The van der Waals surface area contributed by atoms with Crippen LogP contribution in [-0.2, 0) is 5.45 Å². The van der Waals surface area contributed by atoms with Gasteiger partial charge < -0.3 is 4.57 Å². The van der Waals surface area contributed by atoms with Crippen LogP contribution in [0.15, 0.2) is 36.7 Å². The molecule has 0 saturated heterocycles. The standard InChI is InChI=1S/C9H8BrN/c10-7-11-5-8-3-1-2-4-9(8)6-11/h1-6H,7H2. The number of fused-ring (bicyclic) bond motifs is 1. The molecule has 0 spiro atoms. The summed E-state index contributed by atoms with van der Waals surface area (Å²) in [4.78, 5) is 0. The second-order valence-electron chi connectivity index (χ2n) is 2.52. The Bertz CT molecular complexity index is 331. The van der Waals surface area contributed by atoms with Crippen molar-refractivity contribution in [1.29, 1.82) is 0 Å². The molecule has 11 heavy (non-hydrogen) atoms. The van der Waals surface area contributed by atoms with Gasteiger partial charge in [-0.25, -0.2) is 0 Å². The minimum atomic E-state index is 0.863. The van der Waals surface area contributed by atoms with Gasteiger partial charge in [0.15, 0.2) is 0 Å². The van der Waals surface area contributed by atoms with Gasteiger partial charge in [0.1, 0.15) is 0 Å². The molecule has 1 heterocycles. The summed E-state index contributed by atoms with van der Waals surface area (Å²) in [5, 5.41) is 2.60. The van der Waals surface area contributed by atoms with Crippen LogP contribution in [0.3, 0.4) is 0 Å². The molecule has 0 bridgehead atoms. The van der Waals surface area contributed by atoms with Crippen LogP contribution in [-0.4, -0.2) is 4.57 Å². The maximum Gasteiger partial charge on any atom is 0.0773 e. The van der Waals surface area contributed by atoms with Crippen molar-refractivity contribution in [2.24, 2.45) is 0 Å². The molecule has 1 aromatic heterocycles. The molecular formula is C9H8BrN. The SMILES string of the molecule is BrCn1cc2ccccc2c1. The number of alkyl halides is 1. The summed E-state index contributed by atoms with van der Waals surface area (Å²) in [5.41, 5.74) is 0.863. The predicted octanol–water partition coefficient (Wildman–Crippen LogP) is 2.99. The third kappa shape index (κ3) is 1.18. The Balaban J connectivity index is 2.69. The lowest BCUT2D eigenvalue weighted by Crippen LogP contribution is -1.82. The topological polar surface area (TPSA) is 4.93 Å². The van der Waals surface area contributed by atoms with E-state index in [1.165, 1.54) is 10.8 Å². The molecule has 0 fully saturated rings. The summed E-state index contributed by atoms with van der Waals surface area (Å²) < 4.78 is 2.12. The lowest BCUT2D eigenvalue weighted by atomic mass is 10.2. The normalized spacial score (nSPS) is 10.6. The summed E-state index contributed by atoms with van der Waals surface area (Å²) in [6.45, 7) is 0. The molecule has 0 aliphatic heterocycles. The third-order valence-corrected chi connectivity index (χ3v) is 2.32. The summed E-state index contributed by atoms with van der Waals surface area (Å²) in [6.07, 6.45) is 4.26. The highest BCUT2D eigenvalue weighted by atomic mass is 79.9. The lowest BCUT2D eigenvalue weighted by Gasteiger charge is -1.88. The second-order valence-corrected chi connectivity index (χ2v) is 3.02. The highest BCUT2D eigenvalue weighted by Gasteiger charge is 1.93. The highest BCUT2D eigenvalue weighted by molar-refractivity contribution is 9.08. The van der Waals surface area contributed by atoms with Crippen molar-refractivity contribution >= 4 is 26.7 Å². The molecular weight excluding hydrogens is 202 g/mol. The largest absolute Gasteiger partial charge is 0.343 e. The number of benzene rings is 1. The van der Waals surface area contributed by atoms with Crippen LogP contribution in [0.2, 0.25) is 0 Å². The van der Waals surface area contributed by atoms with Crippen molar-refractivity contribution in [3.8, 4) is 0 Å². The molecule has 2 heteroatoms. The molecule has 1 aromatic carbocycles. The Labute approximate surface area is 73.8 Å². The zero-order valence-electron chi connectivity index (χ0n) is 6.00. The van der Waals surface area contributed by atoms with Gasteiger partial charge in [0, 0.05) is 12.4 Å². The first kappa shape index (κ1) is 6.92. The summed E-state index contributed by atoms with van der Waals surface area (Å²) in [5.74, 6) is 0. The van der Waals surface area contributed by atoms with Crippen LogP contribution >= 0.6 is 15.9 Å². The number of nitrogens with zero attached hydrogens (tertiary/aromatic N) is 1. The molecule has 0 aliphatic carbocycles. The molecule has 0 amide bonds. The number of rotatable bonds is 1. The van der Waals surface area contributed by atoms with Crippen LogP contribution in [0.1, 0.15) is 0 Å². The van der Waals surface area contributed by atoms with E-state index in [2.05, 4.69) is 57.2 Å². The molecule has 0 saturated carbocycles. The summed E-state index contributed by atoms with van der Waals surface area (Å²) >= 11 is 3.40. The zero-order valence-corrected chi connectivity index (χ0v) is 7.58. The maximum atomic E-state index is 3.40. The minimum absolute atomic E-state index is 0.863. The van der Waals surface area contributed by atoms with E-state index in [0.717, 1.165) is 5.45 Å². The Hall–Kier alpha value is -0.760. The fourth-order valence-electron chi connectivity index (χ4n) is 1.21. The number of halogens is 1. The van der Waals surface area contributed by atoms with E-state index in [9.17, 15) is 0 Å². The van der Waals surface area contributed by atoms with E-state index in [1.54, 1.807) is 0 Å². The van der Waals surface area contributed by atoms with Crippen LogP contribution in [0.25, 0.3) is 10.8 Å². The summed E-state index contributed by atoms with van der Waals surface area (Å²) in [6, 6.07) is 8.35. The molecule has 2 aromatic rings. The van der Waals surface area contributed by atoms with Crippen molar-refractivity contribution in [2.75, 3.05) is 0 Å².